The van der Waals surface area contributed by atoms with E-state index in [4.69, 9.17) is 0 Å². The molecule has 100 valence electrons. The van der Waals surface area contributed by atoms with Gasteiger partial charge >= 0.3 is 6.18 Å². The zero-order chi connectivity index (χ0) is 13.5. The standard InChI is InChI=1S/C10H10BrF3N2O2/c11-5-1-2-8(15-9(5)10(12,13)14)16-3-6(17)7(18)4-16/h1-2,6-7,17-18H,3-4H2. The van der Waals surface area contributed by atoms with Crippen molar-refractivity contribution in [3.05, 3.63) is 22.3 Å². The van der Waals surface area contributed by atoms with Crippen LogP contribution in [0.5, 0.6) is 0 Å². The summed E-state index contributed by atoms with van der Waals surface area (Å²) in [7, 11) is 0. The summed E-state index contributed by atoms with van der Waals surface area (Å²) in [6.45, 7) is 0.125. The number of pyridine rings is 1. The number of aliphatic hydroxyl groups is 2. The second-order valence-electron chi connectivity index (χ2n) is 4.04. The fraction of sp³-hybridized carbons (Fsp3) is 0.500. The molecule has 0 aromatic carbocycles. The molecule has 0 amide bonds. The van der Waals surface area contributed by atoms with Crippen LogP contribution in [0.2, 0.25) is 0 Å². The lowest BCUT2D eigenvalue weighted by atomic mass is 10.3. The average Bonchev–Trinajstić information content (AvgIpc) is 2.58. The molecule has 2 N–H and O–H groups in total. The van der Waals surface area contributed by atoms with Crippen LogP contribution in [0.15, 0.2) is 16.6 Å². The molecule has 0 bridgehead atoms. The molecule has 2 atom stereocenters. The molecule has 1 fully saturated rings. The second-order valence-corrected chi connectivity index (χ2v) is 4.89. The maximum Gasteiger partial charge on any atom is 0.434 e. The van der Waals surface area contributed by atoms with E-state index in [2.05, 4.69) is 20.9 Å². The Balaban J connectivity index is 2.31. The lowest BCUT2D eigenvalue weighted by Crippen LogP contribution is -2.23. The molecule has 4 nitrogen and oxygen atoms in total. The second kappa shape index (κ2) is 4.67. The van der Waals surface area contributed by atoms with Crippen molar-refractivity contribution < 1.29 is 23.4 Å². The first-order chi connectivity index (χ1) is 8.29. The molecule has 1 aliphatic rings. The van der Waals surface area contributed by atoms with Crippen LogP contribution in [-0.2, 0) is 6.18 Å². The number of alkyl halides is 3. The Kier molecular flexibility index (Phi) is 3.52. The normalized spacial score (nSPS) is 24.7. The van der Waals surface area contributed by atoms with Gasteiger partial charge in [0.05, 0.1) is 12.2 Å². The Morgan fingerprint density at radius 3 is 2.28 bits per heavy atom. The van der Waals surface area contributed by atoms with E-state index >= 15 is 0 Å². The van der Waals surface area contributed by atoms with Gasteiger partial charge in [-0.1, -0.05) is 0 Å². The quantitative estimate of drug-likeness (QED) is 0.819. The number of anilines is 1. The van der Waals surface area contributed by atoms with Crippen LogP contribution in [-0.4, -0.2) is 40.5 Å². The lowest BCUT2D eigenvalue weighted by molar-refractivity contribution is -0.141. The maximum atomic E-state index is 12.7. The van der Waals surface area contributed by atoms with E-state index in [1.165, 1.54) is 17.0 Å². The van der Waals surface area contributed by atoms with Crippen molar-refractivity contribution in [1.82, 2.24) is 4.98 Å². The zero-order valence-corrected chi connectivity index (χ0v) is 10.6. The van der Waals surface area contributed by atoms with Gasteiger partial charge in [-0.05, 0) is 28.1 Å². The van der Waals surface area contributed by atoms with E-state index in [1.807, 2.05) is 0 Å². The summed E-state index contributed by atoms with van der Waals surface area (Å²) in [6.07, 6.45) is -6.49. The molecule has 8 heteroatoms. The molecular formula is C10H10BrF3N2O2. The summed E-state index contributed by atoms with van der Waals surface area (Å²) in [4.78, 5) is 4.94. The number of nitrogens with zero attached hydrogens (tertiary/aromatic N) is 2. The predicted octanol–water partition coefficient (Wildman–Crippen LogP) is 1.40. The monoisotopic (exact) mass is 326 g/mol. The molecule has 0 spiro atoms. The Bertz CT molecular complexity index is 445. The van der Waals surface area contributed by atoms with E-state index in [0.29, 0.717) is 0 Å². The van der Waals surface area contributed by atoms with Gasteiger partial charge in [0.25, 0.3) is 0 Å². The van der Waals surface area contributed by atoms with Crippen LogP contribution in [0, 0.1) is 0 Å². The van der Waals surface area contributed by atoms with E-state index in [-0.39, 0.29) is 23.4 Å². The molecule has 2 heterocycles. The average molecular weight is 327 g/mol. The molecule has 0 radical (unpaired) electrons. The fourth-order valence-electron chi connectivity index (χ4n) is 1.76. The maximum absolute atomic E-state index is 12.7. The number of hydrogen-bond acceptors (Lipinski definition) is 4. The van der Waals surface area contributed by atoms with Crippen LogP contribution in [0.25, 0.3) is 0 Å². The third-order valence-electron chi connectivity index (χ3n) is 2.68. The molecule has 18 heavy (non-hydrogen) atoms. The number of hydrogen-bond donors (Lipinski definition) is 2. The smallest absolute Gasteiger partial charge is 0.389 e. The van der Waals surface area contributed by atoms with E-state index in [0.717, 1.165) is 0 Å². The number of aliphatic hydroxyl groups excluding tert-OH is 2. The van der Waals surface area contributed by atoms with Gasteiger partial charge in [0.15, 0.2) is 5.69 Å². The van der Waals surface area contributed by atoms with Crippen LogP contribution < -0.4 is 4.90 Å². The Labute approximate surface area is 109 Å². The van der Waals surface area contributed by atoms with Gasteiger partial charge in [0, 0.05) is 17.6 Å². The SMILES string of the molecule is OC1CN(c2ccc(Br)c(C(F)(F)F)n2)CC1O. The van der Waals surface area contributed by atoms with Crippen molar-refractivity contribution >= 4 is 21.7 Å². The minimum Gasteiger partial charge on any atom is -0.389 e. The summed E-state index contributed by atoms with van der Waals surface area (Å²) >= 11 is 2.80. The Morgan fingerprint density at radius 1 is 1.22 bits per heavy atom. The number of halogens is 4. The van der Waals surface area contributed by atoms with Crippen molar-refractivity contribution in [3.8, 4) is 0 Å². The van der Waals surface area contributed by atoms with Gasteiger partial charge in [0.1, 0.15) is 5.82 Å². The first-order valence-electron chi connectivity index (χ1n) is 5.14. The highest BCUT2D eigenvalue weighted by atomic mass is 79.9. The van der Waals surface area contributed by atoms with Crippen LogP contribution in [0.1, 0.15) is 5.69 Å². The summed E-state index contributed by atoms with van der Waals surface area (Å²) in [6, 6.07) is 2.66. The summed E-state index contributed by atoms with van der Waals surface area (Å²) in [5, 5.41) is 18.7. The summed E-state index contributed by atoms with van der Waals surface area (Å²) < 4.78 is 37.8. The number of rotatable bonds is 1. The molecule has 1 saturated heterocycles. The van der Waals surface area contributed by atoms with Crippen LogP contribution in [0.3, 0.4) is 0 Å². The van der Waals surface area contributed by atoms with Crippen molar-refractivity contribution in [2.75, 3.05) is 18.0 Å². The Morgan fingerprint density at radius 2 is 1.78 bits per heavy atom. The molecule has 2 unspecified atom stereocenters. The van der Waals surface area contributed by atoms with Gasteiger partial charge in [0.2, 0.25) is 0 Å². The van der Waals surface area contributed by atoms with E-state index in [1.54, 1.807) is 0 Å². The highest BCUT2D eigenvalue weighted by molar-refractivity contribution is 9.10. The third-order valence-corrected chi connectivity index (χ3v) is 3.32. The molecule has 0 saturated carbocycles. The molecule has 1 aliphatic heterocycles. The first-order valence-corrected chi connectivity index (χ1v) is 5.93. The van der Waals surface area contributed by atoms with Crippen molar-refractivity contribution in [2.45, 2.75) is 18.4 Å². The number of β-amino-alcohol motifs (C(OH)–C–C–N with tert-alkyl or cyclic N) is 2. The minimum absolute atomic E-state index is 0.0626. The molecule has 0 aliphatic carbocycles. The fourth-order valence-corrected chi connectivity index (χ4v) is 2.21. The summed E-state index contributed by atoms with van der Waals surface area (Å²) in [5.41, 5.74) is -1.02. The zero-order valence-electron chi connectivity index (χ0n) is 9.02. The van der Waals surface area contributed by atoms with Gasteiger partial charge in [-0.15, -0.1) is 0 Å². The largest absolute Gasteiger partial charge is 0.434 e. The number of aromatic nitrogens is 1. The minimum atomic E-state index is -4.55. The van der Waals surface area contributed by atoms with E-state index in [9.17, 15) is 23.4 Å². The van der Waals surface area contributed by atoms with Gasteiger partial charge in [-0.3, -0.25) is 0 Å². The van der Waals surface area contributed by atoms with Crippen molar-refractivity contribution in [2.24, 2.45) is 0 Å². The molecule has 2 rings (SSSR count). The van der Waals surface area contributed by atoms with Crippen LogP contribution >= 0.6 is 15.9 Å². The summed E-state index contributed by atoms with van der Waals surface area (Å²) in [5.74, 6) is 0.0844. The predicted molar refractivity (Wildman–Crippen MR) is 61.2 cm³/mol. The topological polar surface area (TPSA) is 56.6 Å². The van der Waals surface area contributed by atoms with Gasteiger partial charge < -0.3 is 15.1 Å². The Hall–Kier alpha value is -0.860. The van der Waals surface area contributed by atoms with Crippen LogP contribution in [0.4, 0.5) is 19.0 Å². The highest BCUT2D eigenvalue weighted by Gasteiger charge is 2.37. The first kappa shape index (κ1) is 13.6. The van der Waals surface area contributed by atoms with Crippen molar-refractivity contribution in [1.29, 1.82) is 0 Å². The molecular weight excluding hydrogens is 317 g/mol. The highest BCUT2D eigenvalue weighted by Crippen LogP contribution is 2.35. The van der Waals surface area contributed by atoms with Gasteiger partial charge in [-0.2, -0.15) is 13.2 Å². The lowest BCUT2D eigenvalue weighted by Gasteiger charge is -2.18. The van der Waals surface area contributed by atoms with E-state index < -0.39 is 24.1 Å². The molecule has 1 aromatic heterocycles. The van der Waals surface area contributed by atoms with Crippen molar-refractivity contribution in [3.63, 3.8) is 0 Å². The van der Waals surface area contributed by atoms with Gasteiger partial charge in [-0.25, -0.2) is 4.98 Å². The molecule has 1 aromatic rings. The third kappa shape index (κ3) is 2.60.